The molecule has 1 aromatic rings. The molecule has 4 nitrogen and oxygen atoms in total. The van der Waals surface area contributed by atoms with Gasteiger partial charge in [-0.1, -0.05) is 18.2 Å². The third kappa shape index (κ3) is 2.91. The number of rotatable bonds is 5. The number of anilines is 1. The van der Waals surface area contributed by atoms with Crippen LogP contribution in [-0.4, -0.2) is 37.3 Å². The Morgan fingerprint density at radius 2 is 2.00 bits per heavy atom. The fourth-order valence-electron chi connectivity index (χ4n) is 4.12. The van der Waals surface area contributed by atoms with Gasteiger partial charge in [-0.05, 0) is 43.2 Å². The third-order valence-corrected chi connectivity index (χ3v) is 5.20. The van der Waals surface area contributed by atoms with Gasteiger partial charge >= 0.3 is 0 Å². The minimum absolute atomic E-state index is 0.0531. The molecule has 2 fully saturated rings. The molecule has 4 heteroatoms. The molecule has 0 radical (unpaired) electrons. The van der Waals surface area contributed by atoms with E-state index in [0.29, 0.717) is 18.4 Å². The Bertz CT molecular complexity index is 491. The van der Waals surface area contributed by atoms with Crippen LogP contribution < -0.4 is 10.2 Å². The molecule has 1 amide bonds. The maximum Gasteiger partial charge on any atom is 0.239 e. The first-order chi connectivity index (χ1) is 10.2. The number of carbonyl (C=O) groups excluding carboxylic acids is 1. The minimum Gasteiger partial charge on any atom is -0.396 e. The van der Waals surface area contributed by atoms with E-state index >= 15 is 0 Å². The molecule has 3 rings (SSSR count). The summed E-state index contributed by atoms with van der Waals surface area (Å²) < 4.78 is 0. The number of nitrogens with one attached hydrogen (secondary N) is 1. The molecule has 21 heavy (non-hydrogen) atoms. The van der Waals surface area contributed by atoms with Gasteiger partial charge in [0.2, 0.25) is 5.91 Å². The van der Waals surface area contributed by atoms with Crippen LogP contribution >= 0.6 is 0 Å². The van der Waals surface area contributed by atoms with Crippen molar-refractivity contribution in [1.82, 2.24) is 5.32 Å². The Balaban J connectivity index is 1.57. The quantitative estimate of drug-likeness (QED) is 0.866. The normalized spacial score (nSPS) is 30.4. The van der Waals surface area contributed by atoms with Gasteiger partial charge in [0.05, 0.1) is 6.54 Å². The summed E-state index contributed by atoms with van der Waals surface area (Å²) >= 11 is 0. The first-order valence-electron chi connectivity index (χ1n) is 7.85. The van der Waals surface area contributed by atoms with E-state index in [1.807, 2.05) is 42.3 Å². The Morgan fingerprint density at radius 1 is 1.29 bits per heavy atom. The van der Waals surface area contributed by atoms with Gasteiger partial charge in [0.15, 0.2) is 0 Å². The molecule has 2 aliphatic carbocycles. The van der Waals surface area contributed by atoms with Crippen molar-refractivity contribution in [2.24, 2.45) is 17.8 Å². The number of benzene rings is 1. The molecule has 114 valence electrons. The van der Waals surface area contributed by atoms with Gasteiger partial charge in [-0.2, -0.15) is 0 Å². The van der Waals surface area contributed by atoms with Crippen molar-refractivity contribution in [3.63, 3.8) is 0 Å². The summed E-state index contributed by atoms with van der Waals surface area (Å²) in [6, 6.07) is 10.1. The van der Waals surface area contributed by atoms with Crippen molar-refractivity contribution < 1.29 is 9.90 Å². The molecule has 0 heterocycles. The first-order valence-corrected chi connectivity index (χ1v) is 7.85. The maximum atomic E-state index is 12.3. The van der Waals surface area contributed by atoms with Crippen LogP contribution in [0.1, 0.15) is 19.3 Å². The SMILES string of the molecule is CN(CC(=O)NC1C2CCC(C2)C1CO)c1ccccc1. The highest BCUT2D eigenvalue weighted by Crippen LogP contribution is 2.48. The molecule has 2 aliphatic rings. The average Bonchev–Trinajstić information content (AvgIpc) is 3.09. The maximum absolute atomic E-state index is 12.3. The first kappa shape index (κ1) is 14.4. The van der Waals surface area contributed by atoms with Crippen LogP contribution in [0.3, 0.4) is 0 Å². The molecule has 2 bridgehead atoms. The van der Waals surface area contributed by atoms with Gasteiger partial charge < -0.3 is 15.3 Å². The van der Waals surface area contributed by atoms with Crippen LogP contribution in [-0.2, 0) is 4.79 Å². The lowest BCUT2D eigenvalue weighted by molar-refractivity contribution is -0.121. The van der Waals surface area contributed by atoms with Crippen LogP contribution in [0.15, 0.2) is 30.3 Å². The summed E-state index contributed by atoms with van der Waals surface area (Å²) in [7, 11) is 1.93. The van der Waals surface area contributed by atoms with E-state index in [-0.39, 0.29) is 24.5 Å². The molecule has 0 aromatic heterocycles. The number of hydrogen-bond acceptors (Lipinski definition) is 3. The highest BCUT2D eigenvalue weighted by Gasteiger charge is 2.47. The summed E-state index contributed by atoms with van der Waals surface area (Å²) in [6.45, 7) is 0.552. The van der Waals surface area contributed by atoms with Gasteiger partial charge in [0, 0.05) is 31.3 Å². The zero-order valence-electron chi connectivity index (χ0n) is 12.5. The molecule has 2 saturated carbocycles. The number of carbonyl (C=O) groups is 1. The van der Waals surface area contributed by atoms with E-state index in [0.717, 1.165) is 5.69 Å². The molecular weight excluding hydrogens is 264 g/mol. The number of nitrogens with zero attached hydrogens (tertiary/aromatic N) is 1. The number of aliphatic hydroxyl groups is 1. The zero-order valence-corrected chi connectivity index (χ0v) is 12.5. The molecule has 0 saturated heterocycles. The number of aliphatic hydroxyl groups excluding tert-OH is 1. The van der Waals surface area contributed by atoms with E-state index < -0.39 is 0 Å². The summed E-state index contributed by atoms with van der Waals surface area (Å²) in [4.78, 5) is 14.2. The lowest BCUT2D eigenvalue weighted by Crippen LogP contribution is -2.48. The number of fused-ring (bicyclic) bond motifs is 2. The third-order valence-electron chi connectivity index (χ3n) is 5.20. The predicted octanol–water partition coefficient (Wildman–Crippen LogP) is 1.65. The molecule has 4 atom stereocenters. The van der Waals surface area contributed by atoms with Gasteiger partial charge in [-0.25, -0.2) is 0 Å². The molecule has 0 aliphatic heterocycles. The zero-order chi connectivity index (χ0) is 14.8. The summed E-state index contributed by atoms with van der Waals surface area (Å²) in [5, 5.41) is 12.7. The average molecular weight is 288 g/mol. The van der Waals surface area contributed by atoms with Crippen molar-refractivity contribution in [3.05, 3.63) is 30.3 Å². The van der Waals surface area contributed by atoms with Crippen LogP contribution in [0.4, 0.5) is 5.69 Å². The van der Waals surface area contributed by atoms with Crippen LogP contribution in [0.5, 0.6) is 0 Å². The second kappa shape index (κ2) is 6.06. The lowest BCUT2D eigenvalue weighted by Gasteiger charge is -2.31. The largest absolute Gasteiger partial charge is 0.396 e. The van der Waals surface area contributed by atoms with Gasteiger partial charge in [0.1, 0.15) is 0 Å². The topological polar surface area (TPSA) is 52.6 Å². The van der Waals surface area contributed by atoms with Crippen LogP contribution in [0.2, 0.25) is 0 Å². The van der Waals surface area contributed by atoms with Crippen molar-refractivity contribution >= 4 is 11.6 Å². The van der Waals surface area contributed by atoms with Crippen molar-refractivity contribution in [1.29, 1.82) is 0 Å². The lowest BCUT2D eigenvalue weighted by atomic mass is 9.85. The number of hydrogen-bond donors (Lipinski definition) is 2. The highest BCUT2D eigenvalue weighted by molar-refractivity contribution is 5.81. The van der Waals surface area contributed by atoms with E-state index in [1.165, 1.54) is 19.3 Å². The van der Waals surface area contributed by atoms with Gasteiger partial charge in [-0.3, -0.25) is 4.79 Å². The number of amides is 1. The summed E-state index contributed by atoms with van der Waals surface area (Å²) in [5.41, 5.74) is 1.04. The van der Waals surface area contributed by atoms with Crippen molar-refractivity contribution in [2.75, 3.05) is 25.1 Å². The standard InChI is InChI=1S/C17H24N2O2/c1-19(14-5-3-2-4-6-14)10-16(21)18-17-13-8-7-12(9-13)15(17)11-20/h2-6,12-13,15,17,20H,7-11H2,1H3,(H,18,21). The molecule has 2 N–H and O–H groups in total. The van der Waals surface area contributed by atoms with Crippen LogP contribution in [0.25, 0.3) is 0 Å². The summed E-state index contributed by atoms with van der Waals surface area (Å²) in [5.74, 6) is 1.49. The van der Waals surface area contributed by atoms with E-state index in [9.17, 15) is 9.90 Å². The Kier molecular flexibility index (Phi) is 4.15. The predicted molar refractivity (Wildman–Crippen MR) is 83.0 cm³/mol. The van der Waals surface area contributed by atoms with Gasteiger partial charge in [0.25, 0.3) is 0 Å². The fourth-order valence-corrected chi connectivity index (χ4v) is 4.12. The fraction of sp³-hybridized carbons (Fsp3) is 0.588. The second-order valence-corrected chi connectivity index (χ2v) is 6.46. The molecule has 4 unspecified atom stereocenters. The highest BCUT2D eigenvalue weighted by atomic mass is 16.3. The van der Waals surface area contributed by atoms with Crippen molar-refractivity contribution in [3.8, 4) is 0 Å². The monoisotopic (exact) mass is 288 g/mol. The van der Waals surface area contributed by atoms with Crippen LogP contribution in [0, 0.1) is 17.8 Å². The Morgan fingerprint density at radius 3 is 2.71 bits per heavy atom. The molecule has 1 aromatic carbocycles. The van der Waals surface area contributed by atoms with E-state index in [4.69, 9.17) is 0 Å². The van der Waals surface area contributed by atoms with E-state index in [1.54, 1.807) is 0 Å². The van der Waals surface area contributed by atoms with Gasteiger partial charge in [-0.15, -0.1) is 0 Å². The van der Waals surface area contributed by atoms with E-state index in [2.05, 4.69) is 5.32 Å². The molecule has 0 spiro atoms. The Labute approximate surface area is 126 Å². The van der Waals surface area contributed by atoms with Crippen molar-refractivity contribution in [2.45, 2.75) is 25.3 Å². The number of likely N-dealkylation sites (N-methyl/N-ethyl adjacent to an activating group) is 1. The second-order valence-electron chi connectivity index (χ2n) is 6.46. The minimum atomic E-state index is 0.0531. The Hall–Kier alpha value is -1.55. The summed E-state index contributed by atoms with van der Waals surface area (Å²) in [6.07, 6.45) is 3.58. The number of para-hydroxylation sites is 1. The smallest absolute Gasteiger partial charge is 0.239 e. The molecular formula is C17H24N2O2.